The van der Waals surface area contributed by atoms with Crippen LogP contribution in [-0.4, -0.2) is 20.3 Å². The minimum absolute atomic E-state index is 0.153. The second kappa shape index (κ2) is 4.64. The van der Waals surface area contributed by atoms with E-state index in [2.05, 4.69) is 15.3 Å². The zero-order chi connectivity index (χ0) is 14.4. The second-order valence-corrected chi connectivity index (χ2v) is 6.54. The van der Waals surface area contributed by atoms with Crippen molar-refractivity contribution in [2.45, 2.75) is 6.92 Å². The fraction of sp³-hybridized carbons (Fsp3) is 0.0714. The number of carbonyl (C=O) groups is 1. The molecule has 7 heteroatoms. The van der Waals surface area contributed by atoms with Gasteiger partial charge in [0, 0.05) is 17.8 Å². The number of rotatable bonds is 2. The van der Waals surface area contributed by atoms with E-state index in [1.165, 1.54) is 11.3 Å². The molecule has 4 rings (SSSR count). The highest BCUT2D eigenvalue weighted by Crippen LogP contribution is 2.28. The molecule has 0 aliphatic heterocycles. The molecule has 4 aromatic rings. The number of anilines is 1. The number of thiophene rings is 1. The number of amides is 1. The third kappa shape index (κ3) is 2.10. The number of imidazole rings is 1. The van der Waals surface area contributed by atoms with Crippen LogP contribution in [0.1, 0.15) is 15.2 Å². The molecule has 0 aliphatic carbocycles. The Hall–Kier alpha value is -2.25. The molecule has 104 valence electrons. The van der Waals surface area contributed by atoms with E-state index in [1.54, 1.807) is 17.5 Å². The molecule has 0 radical (unpaired) electrons. The number of thiazole rings is 1. The van der Waals surface area contributed by atoms with E-state index < -0.39 is 0 Å². The summed E-state index contributed by atoms with van der Waals surface area (Å²) in [5, 5.41) is 4.80. The van der Waals surface area contributed by atoms with Crippen molar-refractivity contribution in [3.05, 3.63) is 46.4 Å². The number of nitrogens with zero attached hydrogens (tertiary/aromatic N) is 3. The quantitative estimate of drug-likeness (QED) is 0.615. The number of hydrogen-bond acceptors (Lipinski definition) is 5. The molecule has 0 spiro atoms. The van der Waals surface area contributed by atoms with Crippen LogP contribution in [0.2, 0.25) is 0 Å². The number of nitrogens with one attached hydrogen (secondary N) is 1. The van der Waals surface area contributed by atoms with Crippen LogP contribution in [0.15, 0.2) is 36.0 Å². The fourth-order valence-corrected chi connectivity index (χ4v) is 3.84. The van der Waals surface area contributed by atoms with E-state index in [-0.39, 0.29) is 5.91 Å². The number of carbonyl (C=O) groups excluding carboxylic acids is 1. The Morgan fingerprint density at radius 3 is 3.14 bits per heavy atom. The highest BCUT2D eigenvalue weighted by molar-refractivity contribution is 7.21. The van der Waals surface area contributed by atoms with Crippen LogP contribution in [0.25, 0.3) is 15.3 Å². The van der Waals surface area contributed by atoms with E-state index in [0.717, 1.165) is 20.9 Å². The maximum absolute atomic E-state index is 12.3. The lowest BCUT2D eigenvalue weighted by molar-refractivity contribution is 0.103. The Balaban J connectivity index is 1.68. The molecule has 1 amide bonds. The smallest absolute Gasteiger partial charge is 0.267 e. The van der Waals surface area contributed by atoms with E-state index in [1.807, 2.05) is 41.1 Å². The van der Waals surface area contributed by atoms with Crippen molar-refractivity contribution < 1.29 is 4.79 Å². The highest BCUT2D eigenvalue weighted by atomic mass is 32.1. The van der Waals surface area contributed by atoms with Crippen molar-refractivity contribution in [2.24, 2.45) is 0 Å². The Morgan fingerprint density at radius 1 is 1.38 bits per heavy atom. The Kier molecular flexibility index (Phi) is 2.76. The van der Waals surface area contributed by atoms with Crippen LogP contribution >= 0.6 is 22.7 Å². The van der Waals surface area contributed by atoms with Crippen LogP contribution in [0.4, 0.5) is 5.82 Å². The standard InChI is InChI=1S/C14H10N4OS2/c1-8-2-3-15-11(6-8)16-12(19)10-7-9-13(21-10)17-14-18(9)4-5-20-14/h2-7H,1H3,(H,15,16,19). The van der Waals surface area contributed by atoms with Gasteiger partial charge < -0.3 is 5.32 Å². The SMILES string of the molecule is Cc1ccnc(NC(=O)c2cc3c(nc4sccn43)s2)c1. The van der Waals surface area contributed by atoms with Gasteiger partial charge in [0.15, 0.2) is 4.96 Å². The summed E-state index contributed by atoms with van der Waals surface area (Å²) in [6, 6.07) is 5.61. The second-order valence-electron chi connectivity index (χ2n) is 4.64. The Bertz CT molecular complexity index is 966. The fourth-order valence-electron chi connectivity index (χ4n) is 2.14. The van der Waals surface area contributed by atoms with Gasteiger partial charge in [-0.05, 0) is 30.7 Å². The molecule has 0 aliphatic rings. The van der Waals surface area contributed by atoms with Gasteiger partial charge in [0.2, 0.25) is 0 Å². The predicted molar refractivity (Wildman–Crippen MR) is 85.4 cm³/mol. The van der Waals surface area contributed by atoms with Crippen molar-refractivity contribution in [3.8, 4) is 0 Å². The first-order valence-corrected chi connectivity index (χ1v) is 7.99. The monoisotopic (exact) mass is 314 g/mol. The topological polar surface area (TPSA) is 59.3 Å². The summed E-state index contributed by atoms with van der Waals surface area (Å²) >= 11 is 2.98. The number of hydrogen-bond donors (Lipinski definition) is 1. The molecule has 1 N–H and O–H groups in total. The van der Waals surface area contributed by atoms with Gasteiger partial charge in [-0.25, -0.2) is 9.97 Å². The third-order valence-corrected chi connectivity index (χ3v) is 4.89. The van der Waals surface area contributed by atoms with Crippen molar-refractivity contribution in [1.29, 1.82) is 0 Å². The summed E-state index contributed by atoms with van der Waals surface area (Å²) in [7, 11) is 0. The van der Waals surface area contributed by atoms with Crippen molar-refractivity contribution in [1.82, 2.24) is 14.4 Å². The Labute approximate surface area is 127 Å². The van der Waals surface area contributed by atoms with Gasteiger partial charge in [0.1, 0.15) is 10.6 Å². The molecular formula is C14H10N4OS2. The first-order valence-electron chi connectivity index (χ1n) is 6.30. The summed E-state index contributed by atoms with van der Waals surface area (Å²) in [5.41, 5.74) is 2.03. The summed E-state index contributed by atoms with van der Waals surface area (Å²) in [5.74, 6) is 0.412. The number of pyridine rings is 1. The lowest BCUT2D eigenvalue weighted by Gasteiger charge is -2.02. The summed E-state index contributed by atoms with van der Waals surface area (Å²) in [4.78, 5) is 23.4. The minimum atomic E-state index is -0.153. The predicted octanol–water partition coefficient (Wildman–Crippen LogP) is 3.57. The maximum Gasteiger partial charge on any atom is 0.267 e. The molecular weight excluding hydrogens is 304 g/mol. The summed E-state index contributed by atoms with van der Waals surface area (Å²) in [6.45, 7) is 1.96. The molecule has 0 saturated heterocycles. The van der Waals surface area contributed by atoms with E-state index >= 15 is 0 Å². The Morgan fingerprint density at radius 2 is 2.29 bits per heavy atom. The van der Waals surface area contributed by atoms with Crippen LogP contribution in [-0.2, 0) is 0 Å². The lowest BCUT2D eigenvalue weighted by Crippen LogP contribution is -2.11. The van der Waals surface area contributed by atoms with Crippen LogP contribution in [0.3, 0.4) is 0 Å². The maximum atomic E-state index is 12.3. The zero-order valence-corrected chi connectivity index (χ0v) is 12.7. The molecule has 0 aromatic carbocycles. The normalized spacial score (nSPS) is 11.3. The number of aromatic nitrogens is 3. The molecule has 21 heavy (non-hydrogen) atoms. The van der Waals surface area contributed by atoms with Crippen molar-refractivity contribution in [3.63, 3.8) is 0 Å². The zero-order valence-electron chi connectivity index (χ0n) is 11.0. The molecule has 4 aromatic heterocycles. The average Bonchev–Trinajstić information content (AvgIpc) is 3.09. The highest BCUT2D eigenvalue weighted by Gasteiger charge is 2.15. The van der Waals surface area contributed by atoms with Crippen LogP contribution in [0.5, 0.6) is 0 Å². The number of fused-ring (bicyclic) bond motifs is 3. The van der Waals surface area contributed by atoms with Crippen molar-refractivity contribution >= 4 is 49.7 Å². The first kappa shape index (κ1) is 12.5. The van der Waals surface area contributed by atoms with Crippen LogP contribution in [0, 0.1) is 6.92 Å². The van der Waals surface area contributed by atoms with E-state index in [4.69, 9.17) is 0 Å². The van der Waals surface area contributed by atoms with E-state index in [9.17, 15) is 4.79 Å². The van der Waals surface area contributed by atoms with Gasteiger partial charge in [-0.3, -0.25) is 9.20 Å². The van der Waals surface area contributed by atoms with E-state index in [0.29, 0.717) is 10.7 Å². The minimum Gasteiger partial charge on any atom is -0.306 e. The van der Waals surface area contributed by atoms with Gasteiger partial charge in [0.25, 0.3) is 5.91 Å². The third-order valence-electron chi connectivity index (χ3n) is 3.12. The van der Waals surface area contributed by atoms with Gasteiger partial charge >= 0.3 is 0 Å². The average molecular weight is 314 g/mol. The van der Waals surface area contributed by atoms with Gasteiger partial charge in [-0.2, -0.15) is 0 Å². The van der Waals surface area contributed by atoms with Gasteiger partial charge in [0.05, 0.1) is 10.4 Å². The molecule has 0 atom stereocenters. The molecule has 0 saturated carbocycles. The summed E-state index contributed by atoms with van der Waals surface area (Å²) in [6.07, 6.45) is 3.65. The molecule has 4 heterocycles. The first-order chi connectivity index (χ1) is 10.2. The molecule has 0 unspecified atom stereocenters. The lowest BCUT2D eigenvalue weighted by atomic mass is 10.3. The molecule has 5 nitrogen and oxygen atoms in total. The summed E-state index contributed by atoms with van der Waals surface area (Å²) < 4.78 is 2.00. The molecule has 0 fully saturated rings. The van der Waals surface area contributed by atoms with Gasteiger partial charge in [-0.1, -0.05) is 0 Å². The van der Waals surface area contributed by atoms with Crippen molar-refractivity contribution in [2.75, 3.05) is 5.32 Å². The number of aryl methyl sites for hydroxylation is 1. The van der Waals surface area contributed by atoms with Gasteiger partial charge in [-0.15, -0.1) is 22.7 Å². The molecule has 0 bridgehead atoms. The largest absolute Gasteiger partial charge is 0.306 e. The van der Waals surface area contributed by atoms with Crippen LogP contribution < -0.4 is 5.32 Å².